The molecular weight excluding hydrogens is 248 g/mol. The number of nitrogens with one attached hydrogen (secondary N) is 1. The molecule has 1 N–H and O–H groups in total. The molecule has 1 fully saturated rings. The van der Waals surface area contributed by atoms with Crippen LogP contribution in [0, 0.1) is 13.8 Å². The Kier molecular flexibility index (Phi) is 5.17. The summed E-state index contributed by atoms with van der Waals surface area (Å²) in [6.07, 6.45) is 0. The average molecular weight is 269 g/mol. The van der Waals surface area contributed by atoms with Gasteiger partial charge in [-0.2, -0.15) is 0 Å². The van der Waals surface area contributed by atoms with Crippen molar-refractivity contribution in [2.75, 3.05) is 19.6 Å². The van der Waals surface area contributed by atoms with E-state index in [9.17, 15) is 4.79 Å². The van der Waals surface area contributed by atoms with Gasteiger partial charge in [0, 0.05) is 31.2 Å². The highest BCUT2D eigenvalue weighted by Crippen LogP contribution is 2.15. The van der Waals surface area contributed by atoms with Gasteiger partial charge in [-0.25, -0.2) is 0 Å². The molecule has 0 saturated carbocycles. The fourth-order valence-corrected chi connectivity index (χ4v) is 2.27. The number of hydrogen-bond donors (Lipinski definition) is 1. The second-order valence-electron chi connectivity index (χ2n) is 4.85. The van der Waals surface area contributed by atoms with E-state index < -0.39 is 0 Å². The standard InChI is InChI=1S/C14H20N2O.ClH/c1-10-5-4-6-13(12(10)3)14(17)16-8-7-15-11(2)9-16;/h4-6,11,15H,7-9H2,1-3H3;1H/t11-;/m1./s1. The lowest BCUT2D eigenvalue weighted by atomic mass is 10.0. The van der Waals surface area contributed by atoms with Crippen molar-refractivity contribution >= 4 is 18.3 Å². The molecule has 2 rings (SSSR count). The van der Waals surface area contributed by atoms with Gasteiger partial charge in [0.25, 0.3) is 5.91 Å². The molecule has 0 aliphatic carbocycles. The zero-order valence-electron chi connectivity index (χ0n) is 11.2. The van der Waals surface area contributed by atoms with Crippen LogP contribution in [0.5, 0.6) is 0 Å². The highest BCUT2D eigenvalue weighted by Gasteiger charge is 2.22. The van der Waals surface area contributed by atoms with Crippen LogP contribution in [-0.4, -0.2) is 36.5 Å². The van der Waals surface area contributed by atoms with Gasteiger partial charge in [-0.1, -0.05) is 12.1 Å². The molecule has 0 bridgehead atoms. The zero-order valence-corrected chi connectivity index (χ0v) is 12.0. The van der Waals surface area contributed by atoms with Gasteiger partial charge in [0.1, 0.15) is 0 Å². The van der Waals surface area contributed by atoms with E-state index in [2.05, 4.69) is 12.2 Å². The summed E-state index contributed by atoms with van der Waals surface area (Å²) in [5.41, 5.74) is 3.13. The summed E-state index contributed by atoms with van der Waals surface area (Å²) in [5, 5.41) is 3.35. The lowest BCUT2D eigenvalue weighted by molar-refractivity contribution is 0.0708. The van der Waals surface area contributed by atoms with E-state index in [1.807, 2.05) is 36.9 Å². The molecule has 4 heteroatoms. The number of rotatable bonds is 1. The fraction of sp³-hybridized carbons (Fsp3) is 0.500. The molecule has 1 aromatic carbocycles. The average Bonchev–Trinajstić information content (AvgIpc) is 2.32. The van der Waals surface area contributed by atoms with Gasteiger partial charge in [0.05, 0.1) is 0 Å². The Morgan fingerprint density at radius 2 is 2.11 bits per heavy atom. The topological polar surface area (TPSA) is 32.3 Å². The molecule has 1 aliphatic rings. The maximum Gasteiger partial charge on any atom is 0.254 e. The van der Waals surface area contributed by atoms with Gasteiger partial charge in [-0.05, 0) is 38.0 Å². The van der Waals surface area contributed by atoms with Crippen molar-refractivity contribution in [3.8, 4) is 0 Å². The first kappa shape index (κ1) is 15.0. The maximum atomic E-state index is 12.4. The Bertz CT molecular complexity index is 434. The number of aryl methyl sites for hydroxylation is 1. The molecular formula is C14H21ClN2O. The monoisotopic (exact) mass is 268 g/mol. The molecule has 0 radical (unpaired) electrons. The van der Waals surface area contributed by atoms with Crippen LogP contribution < -0.4 is 5.32 Å². The second kappa shape index (κ2) is 6.21. The van der Waals surface area contributed by atoms with Crippen LogP contribution in [0.15, 0.2) is 18.2 Å². The number of nitrogens with zero attached hydrogens (tertiary/aromatic N) is 1. The van der Waals surface area contributed by atoms with Crippen LogP contribution in [0.1, 0.15) is 28.4 Å². The van der Waals surface area contributed by atoms with Crippen LogP contribution in [0.25, 0.3) is 0 Å². The lowest BCUT2D eigenvalue weighted by Crippen LogP contribution is -2.51. The number of halogens is 1. The molecule has 1 atom stereocenters. The molecule has 1 saturated heterocycles. The van der Waals surface area contributed by atoms with E-state index in [4.69, 9.17) is 0 Å². The molecule has 100 valence electrons. The van der Waals surface area contributed by atoms with E-state index in [1.165, 1.54) is 5.56 Å². The summed E-state index contributed by atoms with van der Waals surface area (Å²) in [4.78, 5) is 14.4. The van der Waals surface area contributed by atoms with E-state index in [1.54, 1.807) is 0 Å². The van der Waals surface area contributed by atoms with Crippen molar-refractivity contribution in [3.05, 3.63) is 34.9 Å². The SMILES string of the molecule is Cc1cccc(C(=O)N2CCN[C@H](C)C2)c1C.Cl. The summed E-state index contributed by atoms with van der Waals surface area (Å²) in [5.74, 6) is 0.166. The van der Waals surface area contributed by atoms with Gasteiger partial charge in [-0.15, -0.1) is 12.4 Å². The molecule has 0 unspecified atom stereocenters. The quantitative estimate of drug-likeness (QED) is 0.847. The number of carbonyl (C=O) groups excluding carboxylic acids is 1. The Morgan fingerprint density at radius 1 is 1.39 bits per heavy atom. The van der Waals surface area contributed by atoms with Crippen molar-refractivity contribution in [3.63, 3.8) is 0 Å². The third kappa shape index (κ3) is 3.03. The first-order valence-corrected chi connectivity index (χ1v) is 6.18. The van der Waals surface area contributed by atoms with Crippen molar-refractivity contribution in [2.24, 2.45) is 0 Å². The third-order valence-electron chi connectivity index (χ3n) is 3.49. The number of amides is 1. The van der Waals surface area contributed by atoms with E-state index in [0.717, 1.165) is 30.8 Å². The summed E-state index contributed by atoms with van der Waals surface area (Å²) in [7, 11) is 0. The van der Waals surface area contributed by atoms with Crippen LogP contribution in [0.3, 0.4) is 0 Å². The first-order valence-electron chi connectivity index (χ1n) is 6.18. The first-order chi connectivity index (χ1) is 8.09. The van der Waals surface area contributed by atoms with Gasteiger partial charge in [0.2, 0.25) is 0 Å². The minimum atomic E-state index is 0. The normalized spacial score (nSPS) is 19.3. The summed E-state index contributed by atoms with van der Waals surface area (Å²) < 4.78 is 0. The van der Waals surface area contributed by atoms with E-state index in [0.29, 0.717) is 6.04 Å². The van der Waals surface area contributed by atoms with Crippen molar-refractivity contribution in [1.82, 2.24) is 10.2 Å². The molecule has 3 nitrogen and oxygen atoms in total. The van der Waals surface area contributed by atoms with E-state index in [-0.39, 0.29) is 18.3 Å². The largest absolute Gasteiger partial charge is 0.336 e. The minimum Gasteiger partial charge on any atom is -0.336 e. The van der Waals surface area contributed by atoms with Crippen LogP contribution in [0.4, 0.5) is 0 Å². The lowest BCUT2D eigenvalue weighted by Gasteiger charge is -2.32. The Balaban J connectivity index is 0.00000162. The summed E-state index contributed by atoms with van der Waals surface area (Å²) >= 11 is 0. The van der Waals surface area contributed by atoms with Gasteiger partial charge < -0.3 is 10.2 Å². The van der Waals surface area contributed by atoms with Crippen LogP contribution in [0.2, 0.25) is 0 Å². The van der Waals surface area contributed by atoms with Crippen LogP contribution in [-0.2, 0) is 0 Å². The van der Waals surface area contributed by atoms with Crippen LogP contribution >= 0.6 is 12.4 Å². The van der Waals surface area contributed by atoms with Crippen molar-refractivity contribution < 1.29 is 4.79 Å². The molecule has 0 aromatic heterocycles. The summed E-state index contributed by atoms with van der Waals surface area (Å²) in [6, 6.07) is 6.32. The highest BCUT2D eigenvalue weighted by molar-refractivity contribution is 5.96. The number of benzene rings is 1. The van der Waals surface area contributed by atoms with Gasteiger partial charge in [0.15, 0.2) is 0 Å². The minimum absolute atomic E-state index is 0. The smallest absolute Gasteiger partial charge is 0.254 e. The molecule has 1 amide bonds. The second-order valence-corrected chi connectivity index (χ2v) is 4.85. The van der Waals surface area contributed by atoms with Gasteiger partial charge >= 0.3 is 0 Å². The molecule has 1 heterocycles. The molecule has 1 aliphatic heterocycles. The predicted molar refractivity (Wildman–Crippen MR) is 76.5 cm³/mol. The number of hydrogen-bond acceptors (Lipinski definition) is 2. The fourth-order valence-electron chi connectivity index (χ4n) is 2.27. The molecule has 1 aromatic rings. The Hall–Kier alpha value is -1.06. The Labute approximate surface area is 115 Å². The number of carbonyl (C=O) groups is 1. The maximum absolute atomic E-state index is 12.4. The Morgan fingerprint density at radius 3 is 2.78 bits per heavy atom. The zero-order chi connectivity index (χ0) is 12.4. The van der Waals surface area contributed by atoms with Crippen molar-refractivity contribution in [2.45, 2.75) is 26.8 Å². The molecule has 0 spiro atoms. The predicted octanol–water partition coefficient (Wildman–Crippen LogP) is 2.16. The number of piperazine rings is 1. The van der Waals surface area contributed by atoms with E-state index >= 15 is 0 Å². The summed E-state index contributed by atoms with van der Waals surface area (Å²) in [6.45, 7) is 8.67. The van der Waals surface area contributed by atoms with Crippen molar-refractivity contribution in [1.29, 1.82) is 0 Å². The molecule has 18 heavy (non-hydrogen) atoms. The van der Waals surface area contributed by atoms with Gasteiger partial charge in [-0.3, -0.25) is 4.79 Å². The highest BCUT2D eigenvalue weighted by atomic mass is 35.5. The third-order valence-corrected chi connectivity index (χ3v) is 3.49.